The van der Waals surface area contributed by atoms with Crippen molar-refractivity contribution in [2.45, 2.75) is 45.2 Å². The molecule has 29 heavy (non-hydrogen) atoms. The van der Waals surface area contributed by atoms with E-state index in [9.17, 15) is 9.59 Å². The first-order valence-electron chi connectivity index (χ1n) is 10.1. The lowest BCUT2D eigenvalue weighted by molar-refractivity contribution is -0.132. The minimum Gasteiger partial charge on any atom is -0.496 e. The third kappa shape index (κ3) is 3.81. The largest absolute Gasteiger partial charge is 0.496 e. The van der Waals surface area contributed by atoms with Crippen molar-refractivity contribution in [3.8, 4) is 5.75 Å². The van der Waals surface area contributed by atoms with Gasteiger partial charge in [0.25, 0.3) is 5.91 Å². The van der Waals surface area contributed by atoms with Gasteiger partial charge in [0.15, 0.2) is 5.82 Å². The van der Waals surface area contributed by atoms with Crippen LogP contribution in [0.2, 0.25) is 0 Å². The SMILES string of the molecule is COc1ccccc1C(=O)N1CCc2nc([C@H]3CCCCN3C(C)=O)ncc2C1. The first-order valence-corrected chi connectivity index (χ1v) is 10.1. The molecule has 2 amide bonds. The summed E-state index contributed by atoms with van der Waals surface area (Å²) in [6.07, 6.45) is 5.51. The molecular formula is C22H26N4O3. The van der Waals surface area contributed by atoms with Crippen molar-refractivity contribution in [2.24, 2.45) is 0 Å². The predicted molar refractivity (Wildman–Crippen MR) is 107 cm³/mol. The number of carbonyl (C=O) groups excluding carboxylic acids is 2. The molecule has 0 N–H and O–H groups in total. The smallest absolute Gasteiger partial charge is 0.257 e. The number of likely N-dealkylation sites (tertiary alicyclic amines) is 1. The second kappa shape index (κ2) is 8.19. The van der Waals surface area contributed by atoms with Crippen LogP contribution in [0.5, 0.6) is 5.75 Å². The van der Waals surface area contributed by atoms with Crippen molar-refractivity contribution < 1.29 is 14.3 Å². The van der Waals surface area contributed by atoms with Gasteiger partial charge in [-0.1, -0.05) is 12.1 Å². The summed E-state index contributed by atoms with van der Waals surface area (Å²) in [6.45, 7) is 3.45. The number of ether oxygens (including phenoxy) is 1. The number of piperidine rings is 1. The van der Waals surface area contributed by atoms with Crippen molar-refractivity contribution in [2.75, 3.05) is 20.2 Å². The highest BCUT2D eigenvalue weighted by Gasteiger charge is 2.30. The third-order valence-electron chi connectivity index (χ3n) is 5.78. The first-order chi connectivity index (χ1) is 14.1. The zero-order valence-corrected chi connectivity index (χ0v) is 16.9. The van der Waals surface area contributed by atoms with Gasteiger partial charge in [0.05, 0.1) is 24.4 Å². The normalized spacial score (nSPS) is 18.9. The fourth-order valence-electron chi connectivity index (χ4n) is 4.23. The van der Waals surface area contributed by atoms with Gasteiger partial charge < -0.3 is 14.5 Å². The zero-order valence-electron chi connectivity index (χ0n) is 16.9. The number of aromatic nitrogens is 2. The molecule has 1 fully saturated rings. The van der Waals surface area contributed by atoms with Gasteiger partial charge in [-0.25, -0.2) is 9.97 Å². The number of nitrogens with zero attached hydrogens (tertiary/aromatic N) is 4. The van der Waals surface area contributed by atoms with Crippen LogP contribution in [0.25, 0.3) is 0 Å². The quantitative estimate of drug-likeness (QED) is 0.800. The molecular weight excluding hydrogens is 368 g/mol. The monoisotopic (exact) mass is 394 g/mol. The van der Waals surface area contributed by atoms with Crippen molar-refractivity contribution in [3.05, 3.63) is 53.1 Å². The van der Waals surface area contributed by atoms with Crippen LogP contribution in [-0.2, 0) is 17.8 Å². The minimum absolute atomic E-state index is 0.0419. The summed E-state index contributed by atoms with van der Waals surface area (Å²) in [5, 5.41) is 0. The Morgan fingerprint density at radius 2 is 2.00 bits per heavy atom. The fourth-order valence-corrected chi connectivity index (χ4v) is 4.23. The van der Waals surface area contributed by atoms with E-state index in [1.165, 1.54) is 0 Å². The maximum Gasteiger partial charge on any atom is 0.257 e. The van der Waals surface area contributed by atoms with Gasteiger partial charge in [0.1, 0.15) is 5.75 Å². The lowest BCUT2D eigenvalue weighted by Gasteiger charge is -2.35. The second-order valence-electron chi connectivity index (χ2n) is 7.60. The molecule has 7 nitrogen and oxygen atoms in total. The highest BCUT2D eigenvalue weighted by Crippen LogP contribution is 2.30. The Kier molecular flexibility index (Phi) is 5.47. The molecule has 3 heterocycles. The second-order valence-corrected chi connectivity index (χ2v) is 7.60. The molecule has 1 aromatic heterocycles. The summed E-state index contributed by atoms with van der Waals surface area (Å²) in [4.78, 5) is 38.0. The zero-order chi connectivity index (χ0) is 20.4. The summed E-state index contributed by atoms with van der Waals surface area (Å²) in [5.41, 5.74) is 2.51. The number of amides is 2. The van der Waals surface area contributed by atoms with Crippen LogP contribution in [0.15, 0.2) is 30.5 Å². The Balaban J connectivity index is 1.54. The molecule has 0 radical (unpaired) electrons. The number of carbonyl (C=O) groups is 2. The van der Waals surface area contributed by atoms with Crippen LogP contribution in [0.1, 0.15) is 59.7 Å². The molecule has 0 bridgehead atoms. The number of hydrogen-bond acceptors (Lipinski definition) is 5. The highest BCUT2D eigenvalue weighted by molar-refractivity contribution is 5.97. The van der Waals surface area contributed by atoms with E-state index >= 15 is 0 Å². The topological polar surface area (TPSA) is 75.6 Å². The number of rotatable bonds is 3. The van der Waals surface area contributed by atoms with E-state index in [2.05, 4.69) is 4.98 Å². The van der Waals surface area contributed by atoms with Crippen molar-refractivity contribution in [1.82, 2.24) is 19.8 Å². The average molecular weight is 394 g/mol. The Labute approximate surface area is 170 Å². The molecule has 2 aliphatic heterocycles. The lowest BCUT2D eigenvalue weighted by atomic mass is 10.00. The summed E-state index contributed by atoms with van der Waals surface area (Å²) < 4.78 is 5.33. The van der Waals surface area contributed by atoms with E-state index in [1.54, 1.807) is 26.2 Å². The van der Waals surface area contributed by atoms with Crippen LogP contribution in [-0.4, -0.2) is 51.8 Å². The molecule has 2 aliphatic rings. The number of fused-ring (bicyclic) bond motifs is 1. The molecule has 0 saturated carbocycles. The molecule has 1 atom stereocenters. The number of methoxy groups -OCH3 is 1. The van der Waals surface area contributed by atoms with Gasteiger partial charge in [-0.05, 0) is 31.4 Å². The number of para-hydroxylation sites is 1. The Hall–Kier alpha value is -2.96. The molecule has 7 heteroatoms. The summed E-state index contributed by atoms with van der Waals surface area (Å²) >= 11 is 0. The van der Waals surface area contributed by atoms with Crippen LogP contribution >= 0.6 is 0 Å². The minimum atomic E-state index is -0.0489. The van der Waals surface area contributed by atoms with Crippen LogP contribution < -0.4 is 4.74 Å². The maximum absolute atomic E-state index is 13.0. The Morgan fingerprint density at radius 1 is 1.17 bits per heavy atom. The van der Waals surface area contributed by atoms with E-state index in [0.29, 0.717) is 30.8 Å². The van der Waals surface area contributed by atoms with Crippen LogP contribution in [0.3, 0.4) is 0 Å². The van der Waals surface area contributed by atoms with Crippen LogP contribution in [0.4, 0.5) is 0 Å². The fraction of sp³-hybridized carbons (Fsp3) is 0.455. The molecule has 0 unspecified atom stereocenters. The van der Waals surface area contributed by atoms with E-state index in [4.69, 9.17) is 9.72 Å². The molecule has 0 spiro atoms. The van der Waals surface area contributed by atoms with E-state index in [0.717, 1.165) is 42.9 Å². The summed E-state index contributed by atoms with van der Waals surface area (Å²) in [6, 6.07) is 7.24. The number of hydrogen-bond donors (Lipinski definition) is 0. The lowest BCUT2D eigenvalue weighted by Crippen LogP contribution is -2.39. The average Bonchev–Trinajstić information content (AvgIpc) is 2.77. The summed E-state index contributed by atoms with van der Waals surface area (Å²) in [5.74, 6) is 1.33. The predicted octanol–water partition coefficient (Wildman–Crippen LogP) is 2.76. The molecule has 4 rings (SSSR count). The van der Waals surface area contributed by atoms with Gasteiger partial charge in [-0.2, -0.15) is 0 Å². The molecule has 152 valence electrons. The molecule has 0 aliphatic carbocycles. The van der Waals surface area contributed by atoms with Gasteiger partial charge in [0, 0.05) is 44.7 Å². The van der Waals surface area contributed by atoms with Crippen molar-refractivity contribution in [1.29, 1.82) is 0 Å². The molecule has 2 aromatic rings. The molecule has 1 aromatic carbocycles. The van der Waals surface area contributed by atoms with Gasteiger partial charge >= 0.3 is 0 Å². The first kappa shape index (κ1) is 19.4. The Morgan fingerprint density at radius 3 is 2.79 bits per heavy atom. The molecule has 1 saturated heterocycles. The number of benzene rings is 1. The standard InChI is InChI=1S/C22H26N4O3/c1-15(27)26-11-6-5-8-19(26)21-23-13-16-14-25(12-10-18(16)24-21)22(28)17-7-3-4-9-20(17)29-2/h3-4,7,9,13,19H,5-6,8,10-12,14H2,1-2H3/t19-/m1/s1. The Bertz CT molecular complexity index is 930. The maximum atomic E-state index is 13.0. The van der Waals surface area contributed by atoms with Gasteiger partial charge in [-0.3, -0.25) is 9.59 Å². The van der Waals surface area contributed by atoms with Crippen LogP contribution in [0, 0.1) is 0 Å². The van der Waals surface area contributed by atoms with E-state index in [-0.39, 0.29) is 17.9 Å². The van der Waals surface area contributed by atoms with Crippen molar-refractivity contribution in [3.63, 3.8) is 0 Å². The summed E-state index contributed by atoms with van der Waals surface area (Å²) in [7, 11) is 1.57. The highest BCUT2D eigenvalue weighted by atomic mass is 16.5. The van der Waals surface area contributed by atoms with Gasteiger partial charge in [0.2, 0.25) is 5.91 Å². The van der Waals surface area contributed by atoms with Gasteiger partial charge in [-0.15, -0.1) is 0 Å². The van der Waals surface area contributed by atoms with E-state index < -0.39 is 0 Å². The third-order valence-corrected chi connectivity index (χ3v) is 5.78. The van der Waals surface area contributed by atoms with Crippen molar-refractivity contribution >= 4 is 11.8 Å². The van der Waals surface area contributed by atoms with E-state index in [1.807, 2.05) is 28.1 Å².